The maximum Gasteiger partial charge on any atom is 0.512 e. The van der Waals surface area contributed by atoms with Crippen LogP contribution >= 0.6 is 23.2 Å². The van der Waals surface area contributed by atoms with E-state index in [0.717, 1.165) is 5.69 Å². The Labute approximate surface area is 141 Å². The fourth-order valence-electron chi connectivity index (χ4n) is 2.13. The number of benzene rings is 2. The largest absolute Gasteiger partial charge is 0.512 e. The second-order valence-corrected chi connectivity index (χ2v) is 5.44. The van der Waals surface area contributed by atoms with Crippen LogP contribution in [0.2, 0.25) is 10.0 Å². The molecular weight excluding hydrogens is 339 g/mol. The first kappa shape index (κ1) is 15.4. The molecule has 1 heterocycles. The van der Waals surface area contributed by atoms with Gasteiger partial charge in [-0.2, -0.15) is 4.98 Å². The fraction of sp³-hybridized carbons (Fsp3) is 0. The molecule has 3 aromatic rings. The van der Waals surface area contributed by atoms with Gasteiger partial charge in [0.15, 0.2) is 0 Å². The van der Waals surface area contributed by atoms with Crippen LogP contribution in [-0.2, 0) is 0 Å². The van der Waals surface area contributed by atoms with Crippen LogP contribution < -0.4 is 4.74 Å². The normalized spacial score (nSPS) is 10.5. The highest BCUT2D eigenvalue weighted by atomic mass is 35.5. The molecule has 0 atom stereocenters. The van der Waals surface area contributed by atoms with Crippen molar-refractivity contribution in [2.75, 3.05) is 0 Å². The maximum atomic E-state index is 10.8. The number of nitrogens with zero attached hydrogens (tertiary/aromatic N) is 2. The summed E-state index contributed by atoms with van der Waals surface area (Å²) in [4.78, 5) is 15.0. The van der Waals surface area contributed by atoms with E-state index in [4.69, 9.17) is 28.3 Å². The molecule has 7 heteroatoms. The van der Waals surface area contributed by atoms with Gasteiger partial charge >= 0.3 is 6.16 Å². The van der Waals surface area contributed by atoms with E-state index in [0.29, 0.717) is 21.4 Å². The summed E-state index contributed by atoms with van der Waals surface area (Å²) in [7, 11) is 0. The van der Waals surface area contributed by atoms with Gasteiger partial charge in [-0.25, -0.2) is 4.79 Å². The number of carboxylic acid groups (broad SMARTS) is 1. The summed E-state index contributed by atoms with van der Waals surface area (Å²) in [5, 5.41) is 9.87. The van der Waals surface area contributed by atoms with E-state index >= 15 is 0 Å². The Morgan fingerprint density at radius 3 is 2.43 bits per heavy atom. The van der Waals surface area contributed by atoms with Gasteiger partial charge in [-0.1, -0.05) is 35.3 Å². The summed E-state index contributed by atoms with van der Waals surface area (Å²) >= 11 is 12.1. The maximum absolute atomic E-state index is 10.8. The van der Waals surface area contributed by atoms with Crippen LogP contribution in [0.3, 0.4) is 0 Å². The molecule has 2 aromatic carbocycles. The van der Waals surface area contributed by atoms with Crippen molar-refractivity contribution in [1.82, 2.24) is 9.55 Å². The lowest BCUT2D eigenvalue weighted by Crippen LogP contribution is -2.02. The Hall–Kier alpha value is -2.50. The quantitative estimate of drug-likeness (QED) is 0.683. The molecule has 0 amide bonds. The number of halogens is 2. The second-order valence-electron chi connectivity index (χ2n) is 4.60. The van der Waals surface area contributed by atoms with Crippen LogP contribution in [0, 0.1) is 0 Å². The molecule has 23 heavy (non-hydrogen) atoms. The molecule has 5 nitrogen and oxygen atoms in total. The van der Waals surface area contributed by atoms with Crippen molar-refractivity contribution in [3.05, 3.63) is 64.8 Å². The average Bonchev–Trinajstić information content (AvgIpc) is 2.91. The third kappa shape index (κ3) is 3.31. The topological polar surface area (TPSA) is 64.3 Å². The molecule has 0 spiro atoms. The van der Waals surface area contributed by atoms with Gasteiger partial charge in [-0.3, -0.25) is 4.57 Å². The molecule has 0 unspecified atom stereocenters. The summed E-state index contributed by atoms with van der Waals surface area (Å²) in [6.45, 7) is 0. The Morgan fingerprint density at radius 2 is 1.78 bits per heavy atom. The molecule has 3 rings (SSSR count). The minimum absolute atomic E-state index is 0.0395. The zero-order valence-electron chi connectivity index (χ0n) is 11.6. The molecule has 1 aromatic heterocycles. The first-order valence-electron chi connectivity index (χ1n) is 6.55. The summed E-state index contributed by atoms with van der Waals surface area (Å²) in [5.74, 6) is 0.427. The molecule has 116 valence electrons. The Balaban J connectivity index is 2.17. The third-order valence-corrected chi connectivity index (χ3v) is 3.68. The molecule has 1 N–H and O–H groups in total. The highest BCUT2D eigenvalue weighted by molar-refractivity contribution is 6.33. The van der Waals surface area contributed by atoms with Crippen molar-refractivity contribution in [2.24, 2.45) is 0 Å². The van der Waals surface area contributed by atoms with Crippen LogP contribution in [0.5, 0.6) is 5.88 Å². The zero-order chi connectivity index (χ0) is 16.4. The van der Waals surface area contributed by atoms with Gasteiger partial charge in [0.05, 0.1) is 11.2 Å². The van der Waals surface area contributed by atoms with E-state index in [1.54, 1.807) is 47.0 Å². The molecule has 0 aliphatic heterocycles. The Morgan fingerprint density at radius 1 is 1.09 bits per heavy atom. The highest BCUT2D eigenvalue weighted by Gasteiger charge is 2.16. The van der Waals surface area contributed by atoms with Crippen LogP contribution in [0.1, 0.15) is 0 Å². The molecule has 0 aliphatic carbocycles. The lowest BCUT2D eigenvalue weighted by atomic mass is 10.2. The van der Waals surface area contributed by atoms with E-state index in [2.05, 4.69) is 9.72 Å². The first-order valence-corrected chi connectivity index (χ1v) is 7.31. The van der Waals surface area contributed by atoms with E-state index < -0.39 is 6.16 Å². The molecule has 0 radical (unpaired) electrons. The predicted molar refractivity (Wildman–Crippen MR) is 87.7 cm³/mol. The molecule has 0 saturated carbocycles. The average molecular weight is 349 g/mol. The van der Waals surface area contributed by atoms with Gasteiger partial charge in [-0.15, -0.1) is 0 Å². The number of aromatic nitrogens is 2. The van der Waals surface area contributed by atoms with Crippen LogP contribution in [0.4, 0.5) is 4.79 Å². The van der Waals surface area contributed by atoms with Gasteiger partial charge in [-0.05, 0) is 36.4 Å². The summed E-state index contributed by atoms with van der Waals surface area (Å²) < 4.78 is 6.35. The van der Waals surface area contributed by atoms with Gasteiger partial charge in [0.2, 0.25) is 5.88 Å². The Kier molecular flexibility index (Phi) is 4.23. The molecular formula is C16H10Cl2N2O3. The van der Waals surface area contributed by atoms with Crippen molar-refractivity contribution in [2.45, 2.75) is 0 Å². The second kappa shape index (κ2) is 6.32. The van der Waals surface area contributed by atoms with Gasteiger partial charge in [0.25, 0.3) is 0 Å². The first-order chi connectivity index (χ1) is 11.0. The van der Waals surface area contributed by atoms with Gasteiger partial charge in [0.1, 0.15) is 5.82 Å². The fourth-order valence-corrected chi connectivity index (χ4v) is 2.47. The lowest BCUT2D eigenvalue weighted by molar-refractivity contribution is 0.143. The highest BCUT2D eigenvalue weighted by Crippen LogP contribution is 2.31. The van der Waals surface area contributed by atoms with Crippen molar-refractivity contribution in [3.63, 3.8) is 0 Å². The Bertz CT molecular complexity index is 860. The third-order valence-electron chi connectivity index (χ3n) is 3.10. The number of carbonyl (C=O) groups is 1. The van der Waals surface area contributed by atoms with Gasteiger partial charge in [0, 0.05) is 16.3 Å². The van der Waals surface area contributed by atoms with E-state index in [1.165, 1.54) is 6.20 Å². The molecule has 0 aliphatic rings. The minimum Gasteiger partial charge on any atom is -0.449 e. The predicted octanol–water partition coefficient (Wildman–Crippen LogP) is 4.90. The molecule has 0 saturated heterocycles. The lowest BCUT2D eigenvalue weighted by Gasteiger charge is -2.08. The van der Waals surface area contributed by atoms with Crippen LogP contribution in [-0.4, -0.2) is 20.8 Å². The minimum atomic E-state index is -1.43. The number of ether oxygens (including phenoxy) is 1. The summed E-state index contributed by atoms with van der Waals surface area (Å²) in [6.07, 6.45) is 0.0483. The number of imidazole rings is 1. The van der Waals surface area contributed by atoms with Crippen molar-refractivity contribution in [3.8, 4) is 23.0 Å². The standard InChI is InChI=1S/C16H10Cl2N2O3/c17-10-5-7-11(8-6-10)20-9-14(23-16(21)22)19-15(20)12-3-1-2-4-13(12)18/h1-9H,(H,21,22). The number of rotatable bonds is 3. The SMILES string of the molecule is O=C(O)Oc1cn(-c2ccc(Cl)cc2)c(-c2ccccc2Cl)n1. The van der Waals surface area contributed by atoms with Crippen molar-refractivity contribution < 1.29 is 14.6 Å². The smallest absolute Gasteiger partial charge is 0.449 e. The molecule has 0 bridgehead atoms. The zero-order valence-corrected chi connectivity index (χ0v) is 13.1. The van der Waals surface area contributed by atoms with Crippen LogP contribution in [0.15, 0.2) is 54.7 Å². The number of hydrogen-bond donors (Lipinski definition) is 1. The van der Waals surface area contributed by atoms with Gasteiger partial charge < -0.3 is 9.84 Å². The monoisotopic (exact) mass is 348 g/mol. The van der Waals surface area contributed by atoms with Crippen molar-refractivity contribution in [1.29, 1.82) is 0 Å². The molecule has 0 fully saturated rings. The van der Waals surface area contributed by atoms with E-state index in [1.807, 2.05) is 6.07 Å². The summed E-state index contributed by atoms with van der Waals surface area (Å²) in [6, 6.07) is 14.2. The van der Waals surface area contributed by atoms with E-state index in [-0.39, 0.29) is 5.88 Å². The van der Waals surface area contributed by atoms with Crippen molar-refractivity contribution >= 4 is 29.4 Å². The number of hydrogen-bond acceptors (Lipinski definition) is 3. The van der Waals surface area contributed by atoms with E-state index in [9.17, 15) is 4.79 Å². The summed E-state index contributed by atoms with van der Waals surface area (Å²) in [5.41, 5.74) is 1.40. The van der Waals surface area contributed by atoms with Crippen LogP contribution in [0.25, 0.3) is 17.1 Å².